The van der Waals surface area contributed by atoms with Gasteiger partial charge in [-0.3, -0.25) is 0 Å². The molecule has 0 amide bonds. The van der Waals surface area contributed by atoms with Crippen LogP contribution in [0.25, 0.3) is 0 Å². The van der Waals surface area contributed by atoms with Crippen molar-refractivity contribution in [3.63, 3.8) is 0 Å². The summed E-state index contributed by atoms with van der Waals surface area (Å²) < 4.78 is 17.2. The lowest BCUT2D eigenvalue weighted by molar-refractivity contribution is -0.160. The number of rotatable bonds is 11. The van der Waals surface area contributed by atoms with E-state index in [0.29, 0.717) is 25.2 Å². The van der Waals surface area contributed by atoms with Gasteiger partial charge >= 0.3 is 5.97 Å². The van der Waals surface area contributed by atoms with E-state index in [1.54, 1.807) is 19.2 Å². The van der Waals surface area contributed by atoms with Gasteiger partial charge in [0.1, 0.15) is 28.6 Å². The number of cyclic esters (lactones) is 1. The lowest BCUT2D eigenvalue weighted by Crippen LogP contribution is -2.38. The Morgan fingerprint density at radius 2 is 1.76 bits per heavy atom. The van der Waals surface area contributed by atoms with Crippen LogP contribution in [0.5, 0.6) is 5.75 Å². The molecule has 1 atom stereocenters. The van der Waals surface area contributed by atoms with Crippen molar-refractivity contribution in [2.24, 2.45) is 0 Å². The molecule has 6 nitrogen and oxygen atoms in total. The van der Waals surface area contributed by atoms with Crippen LogP contribution in [0, 0.1) is 6.92 Å². The Bertz CT molecular complexity index is 1370. The largest absolute Gasteiger partial charge is 0.511 e. The van der Waals surface area contributed by atoms with Crippen LogP contribution in [0.1, 0.15) is 61.4 Å². The molecular weight excluding hydrogens is 536 g/mol. The number of benzene rings is 3. The van der Waals surface area contributed by atoms with Gasteiger partial charge in [0.05, 0.1) is 19.6 Å². The maximum atomic E-state index is 13.7. The third-order valence-corrected chi connectivity index (χ3v) is 8.51. The number of thioether (sulfide) groups is 1. The number of ether oxygens (including phenoxy) is 3. The number of aliphatic hydroxyl groups is 2. The highest BCUT2D eigenvalue weighted by Crippen LogP contribution is 2.47. The van der Waals surface area contributed by atoms with Crippen LogP contribution in [0.3, 0.4) is 0 Å². The van der Waals surface area contributed by atoms with Crippen molar-refractivity contribution >= 4 is 17.7 Å². The topological polar surface area (TPSA) is 85.2 Å². The van der Waals surface area contributed by atoms with E-state index in [-0.39, 0.29) is 35.7 Å². The minimum Gasteiger partial charge on any atom is -0.511 e. The fourth-order valence-electron chi connectivity index (χ4n) is 5.10. The van der Waals surface area contributed by atoms with Gasteiger partial charge in [-0.2, -0.15) is 0 Å². The summed E-state index contributed by atoms with van der Waals surface area (Å²) in [5, 5.41) is 20.5. The first-order valence-corrected chi connectivity index (χ1v) is 14.7. The van der Waals surface area contributed by atoms with Crippen molar-refractivity contribution in [1.29, 1.82) is 0 Å². The molecule has 1 heterocycles. The van der Waals surface area contributed by atoms with Gasteiger partial charge in [0, 0.05) is 12.0 Å². The third kappa shape index (κ3) is 7.34. The molecule has 1 aliphatic heterocycles. The number of hydrogen-bond acceptors (Lipinski definition) is 7. The Labute approximate surface area is 247 Å². The highest BCUT2D eigenvalue weighted by atomic mass is 32.2. The second kappa shape index (κ2) is 13.1. The number of carbonyl (C=O) groups excluding carboxylic acids is 1. The summed E-state index contributed by atoms with van der Waals surface area (Å²) in [5.74, 6) is 0.102. The Morgan fingerprint density at radius 1 is 1.05 bits per heavy atom. The standard InChI is InChI=1S/C34H40O6S/c1-23-19-30(28(33(2,3)4)20-25(23)22-38-5)41-31-29(36)21-34(40-32(31)37,16-15-24-9-7-6-8-10-24)26-11-13-27(14-12-26)39-18-17-35/h6-14,19-20,35-36H,15-18,21-22H2,1-5H3. The Hall–Kier alpha value is -3.26. The highest BCUT2D eigenvalue weighted by molar-refractivity contribution is 8.04. The minimum absolute atomic E-state index is 0.0263. The quantitative estimate of drug-likeness (QED) is 0.235. The van der Waals surface area contributed by atoms with Crippen LogP contribution in [-0.4, -0.2) is 36.5 Å². The molecule has 3 aromatic rings. The van der Waals surface area contributed by atoms with Crippen LogP contribution in [0.4, 0.5) is 0 Å². The maximum Gasteiger partial charge on any atom is 0.349 e. The summed E-state index contributed by atoms with van der Waals surface area (Å²) in [6.07, 6.45) is 1.33. The SMILES string of the molecule is COCc1cc(C(C)(C)C)c(SC2=C(O)CC(CCc3ccccc3)(c3ccc(OCCO)cc3)OC2=O)cc1C. The summed E-state index contributed by atoms with van der Waals surface area (Å²) in [5.41, 5.74) is 3.91. The summed E-state index contributed by atoms with van der Waals surface area (Å²) in [7, 11) is 1.68. The molecular formula is C34H40O6S. The van der Waals surface area contributed by atoms with Crippen molar-refractivity contribution in [2.45, 2.75) is 69.5 Å². The number of esters is 1. The van der Waals surface area contributed by atoms with E-state index in [1.165, 1.54) is 11.8 Å². The summed E-state index contributed by atoms with van der Waals surface area (Å²) >= 11 is 1.27. The molecule has 4 rings (SSSR count). The summed E-state index contributed by atoms with van der Waals surface area (Å²) in [6, 6.07) is 21.6. The molecule has 0 aromatic heterocycles. The molecule has 0 aliphatic carbocycles. The molecule has 0 saturated heterocycles. The molecule has 41 heavy (non-hydrogen) atoms. The molecule has 0 fully saturated rings. The number of aliphatic hydroxyl groups excluding tert-OH is 2. The first kappa shape index (κ1) is 30.7. The van der Waals surface area contributed by atoms with Crippen molar-refractivity contribution < 1.29 is 29.2 Å². The van der Waals surface area contributed by atoms with Gasteiger partial charge in [-0.25, -0.2) is 4.79 Å². The third-order valence-electron chi connectivity index (χ3n) is 7.35. The van der Waals surface area contributed by atoms with E-state index in [0.717, 1.165) is 32.7 Å². The van der Waals surface area contributed by atoms with E-state index in [4.69, 9.17) is 19.3 Å². The van der Waals surface area contributed by atoms with Gasteiger partial charge in [-0.1, -0.05) is 81.1 Å². The average Bonchev–Trinajstić information content (AvgIpc) is 2.94. The molecule has 1 aliphatic rings. The zero-order chi connectivity index (χ0) is 29.6. The van der Waals surface area contributed by atoms with Crippen LogP contribution in [-0.2, 0) is 38.3 Å². The van der Waals surface area contributed by atoms with Crippen molar-refractivity contribution in [3.8, 4) is 5.75 Å². The predicted molar refractivity (Wildman–Crippen MR) is 162 cm³/mol. The molecule has 0 saturated carbocycles. The zero-order valence-electron chi connectivity index (χ0n) is 24.5. The van der Waals surface area contributed by atoms with Crippen molar-refractivity contribution in [3.05, 3.63) is 105 Å². The van der Waals surface area contributed by atoms with Gasteiger partial charge in [0.15, 0.2) is 0 Å². The van der Waals surface area contributed by atoms with E-state index in [9.17, 15) is 9.90 Å². The molecule has 7 heteroatoms. The van der Waals surface area contributed by atoms with Crippen LogP contribution in [0.15, 0.2) is 82.3 Å². The number of aryl methyl sites for hydroxylation is 2. The molecule has 2 N–H and O–H groups in total. The van der Waals surface area contributed by atoms with Gasteiger partial charge < -0.3 is 24.4 Å². The molecule has 0 spiro atoms. The monoisotopic (exact) mass is 576 g/mol. The van der Waals surface area contributed by atoms with Gasteiger partial charge in [-0.15, -0.1) is 0 Å². The van der Waals surface area contributed by atoms with Crippen LogP contribution < -0.4 is 4.74 Å². The fraction of sp³-hybridized carbons (Fsp3) is 0.382. The Kier molecular flexibility index (Phi) is 9.84. The number of carbonyl (C=O) groups is 1. The number of methoxy groups -OCH3 is 1. The zero-order valence-corrected chi connectivity index (χ0v) is 25.3. The second-order valence-corrected chi connectivity index (χ2v) is 12.5. The summed E-state index contributed by atoms with van der Waals surface area (Å²) in [6.45, 7) is 9.05. The normalized spacial score (nSPS) is 17.5. The summed E-state index contributed by atoms with van der Waals surface area (Å²) in [4.78, 5) is 14.8. The average molecular weight is 577 g/mol. The number of hydrogen-bond donors (Lipinski definition) is 2. The lowest BCUT2D eigenvalue weighted by atomic mass is 9.82. The van der Waals surface area contributed by atoms with Crippen LogP contribution in [0.2, 0.25) is 0 Å². The van der Waals surface area contributed by atoms with Crippen molar-refractivity contribution in [2.75, 3.05) is 20.3 Å². The first-order valence-electron chi connectivity index (χ1n) is 13.9. The molecule has 218 valence electrons. The minimum atomic E-state index is -1.04. The van der Waals surface area contributed by atoms with Gasteiger partial charge in [0.2, 0.25) is 0 Å². The smallest absolute Gasteiger partial charge is 0.349 e. The first-order chi connectivity index (χ1) is 19.6. The molecule has 0 radical (unpaired) electrons. The van der Waals surface area contributed by atoms with E-state index in [2.05, 4.69) is 32.9 Å². The lowest BCUT2D eigenvalue weighted by Gasteiger charge is -2.38. The van der Waals surface area contributed by atoms with E-state index >= 15 is 0 Å². The predicted octanol–water partition coefficient (Wildman–Crippen LogP) is 7.15. The Balaban J connectivity index is 1.70. The van der Waals surface area contributed by atoms with Crippen LogP contribution >= 0.6 is 11.8 Å². The molecule has 0 bridgehead atoms. The van der Waals surface area contributed by atoms with Crippen molar-refractivity contribution in [1.82, 2.24) is 0 Å². The van der Waals surface area contributed by atoms with E-state index in [1.807, 2.05) is 49.4 Å². The van der Waals surface area contributed by atoms with Gasteiger partial charge in [-0.05, 0) is 71.2 Å². The maximum absolute atomic E-state index is 13.7. The molecule has 3 aromatic carbocycles. The second-order valence-electron chi connectivity index (χ2n) is 11.5. The highest BCUT2D eigenvalue weighted by Gasteiger charge is 2.44. The fourth-order valence-corrected chi connectivity index (χ4v) is 6.35. The Morgan fingerprint density at radius 3 is 2.37 bits per heavy atom. The van der Waals surface area contributed by atoms with E-state index < -0.39 is 11.6 Å². The molecule has 1 unspecified atom stereocenters. The van der Waals surface area contributed by atoms with Gasteiger partial charge in [0.25, 0.3) is 0 Å².